The fourth-order valence-electron chi connectivity index (χ4n) is 6.48. The minimum Gasteiger partial charge on any atom is -0.309 e. The van der Waals surface area contributed by atoms with E-state index < -0.39 is 0 Å². The number of para-hydroxylation sites is 1. The average molecular weight is 524 g/mol. The molecular formula is C40H29N. The summed E-state index contributed by atoms with van der Waals surface area (Å²) in [5.74, 6) is 0.366. The van der Waals surface area contributed by atoms with E-state index in [-0.39, 0.29) is 0 Å². The van der Waals surface area contributed by atoms with E-state index >= 15 is 0 Å². The lowest BCUT2D eigenvalue weighted by molar-refractivity contribution is 0.857. The van der Waals surface area contributed by atoms with Gasteiger partial charge in [0.15, 0.2) is 0 Å². The molecule has 1 aliphatic carbocycles. The third kappa shape index (κ3) is 4.10. The van der Waals surface area contributed by atoms with E-state index in [0.29, 0.717) is 5.92 Å². The van der Waals surface area contributed by atoms with Crippen LogP contribution in [0, 0.1) is 0 Å². The maximum absolute atomic E-state index is 2.42. The zero-order chi connectivity index (χ0) is 27.2. The first kappa shape index (κ1) is 23.7. The van der Waals surface area contributed by atoms with Crippen molar-refractivity contribution < 1.29 is 0 Å². The monoisotopic (exact) mass is 523 g/mol. The Morgan fingerprint density at radius 3 is 1.85 bits per heavy atom. The summed E-state index contributed by atoms with van der Waals surface area (Å²) in [5.41, 5.74) is 10.1. The van der Waals surface area contributed by atoms with Crippen molar-refractivity contribution in [1.82, 2.24) is 4.57 Å². The number of aromatic nitrogens is 1. The van der Waals surface area contributed by atoms with Gasteiger partial charge in [0, 0.05) is 22.4 Å². The fraction of sp³-hybridized carbons (Fsp3) is 0.0500. The first-order chi connectivity index (χ1) is 20.3. The molecule has 6 aromatic carbocycles. The summed E-state index contributed by atoms with van der Waals surface area (Å²) in [4.78, 5) is 0. The second kappa shape index (κ2) is 9.80. The van der Waals surface area contributed by atoms with E-state index in [4.69, 9.17) is 0 Å². The van der Waals surface area contributed by atoms with Crippen LogP contribution in [0.15, 0.2) is 158 Å². The molecule has 0 saturated carbocycles. The van der Waals surface area contributed by atoms with Gasteiger partial charge >= 0.3 is 0 Å². The Morgan fingerprint density at radius 2 is 1.15 bits per heavy atom. The normalized spacial score (nSPS) is 14.8. The van der Waals surface area contributed by atoms with Crippen molar-refractivity contribution in [3.05, 3.63) is 163 Å². The molecule has 0 N–H and O–H groups in total. The lowest BCUT2D eigenvalue weighted by Crippen LogP contribution is -2.00. The lowest BCUT2D eigenvalue weighted by atomic mass is 9.84. The Bertz CT molecular complexity index is 2110. The Labute approximate surface area is 240 Å². The van der Waals surface area contributed by atoms with Crippen molar-refractivity contribution in [2.24, 2.45) is 0 Å². The highest BCUT2D eigenvalue weighted by Crippen LogP contribution is 2.41. The molecule has 0 spiro atoms. The minimum absolute atomic E-state index is 0.366. The molecule has 1 unspecified atom stereocenters. The highest BCUT2D eigenvalue weighted by Gasteiger charge is 2.18. The molecule has 0 saturated heterocycles. The number of hydrogen-bond acceptors (Lipinski definition) is 0. The maximum atomic E-state index is 2.42. The molecule has 0 fully saturated rings. The summed E-state index contributed by atoms with van der Waals surface area (Å²) >= 11 is 0. The Hall–Kier alpha value is -5.14. The van der Waals surface area contributed by atoms with Crippen molar-refractivity contribution in [1.29, 1.82) is 0 Å². The third-order valence-electron chi connectivity index (χ3n) is 8.50. The molecular weight excluding hydrogens is 494 g/mol. The van der Waals surface area contributed by atoms with Gasteiger partial charge in [-0.15, -0.1) is 0 Å². The standard InChI is InChI=1S/C40H29N/c1-4-12-28(13-5-1)32-20-22-39-37(26-32)38-27-33(21-23-40(38)41(39)34-18-8-3-9-19-34)36-25-31-17-11-10-16-30(31)24-35(36)29-14-6-2-7-15-29/h1-14,16-27,29H,15H2. The summed E-state index contributed by atoms with van der Waals surface area (Å²) in [7, 11) is 0. The Morgan fingerprint density at radius 1 is 0.512 bits per heavy atom. The summed E-state index contributed by atoms with van der Waals surface area (Å²) < 4.78 is 2.40. The lowest BCUT2D eigenvalue weighted by Gasteiger charge is -2.20. The Balaban J connectivity index is 1.40. The topological polar surface area (TPSA) is 4.93 Å². The van der Waals surface area contributed by atoms with Crippen molar-refractivity contribution in [3.8, 4) is 27.9 Å². The zero-order valence-electron chi connectivity index (χ0n) is 22.7. The third-order valence-corrected chi connectivity index (χ3v) is 8.50. The number of hydrogen-bond donors (Lipinski definition) is 0. The molecule has 194 valence electrons. The molecule has 1 nitrogen and oxygen atoms in total. The van der Waals surface area contributed by atoms with E-state index in [9.17, 15) is 0 Å². The fourth-order valence-corrected chi connectivity index (χ4v) is 6.48. The Kier molecular flexibility index (Phi) is 5.67. The van der Waals surface area contributed by atoms with Crippen LogP contribution < -0.4 is 0 Å². The van der Waals surface area contributed by atoms with Gasteiger partial charge < -0.3 is 4.57 Å². The average Bonchev–Trinajstić information content (AvgIpc) is 3.38. The molecule has 41 heavy (non-hydrogen) atoms. The SMILES string of the molecule is C1=CCC(c2cc3ccccc3cc2-c2ccc3c(c2)c2cc(-c4ccccc4)ccc2n3-c2ccccc2)C=C1. The van der Waals surface area contributed by atoms with Gasteiger partial charge in [0.25, 0.3) is 0 Å². The van der Waals surface area contributed by atoms with Crippen molar-refractivity contribution >= 4 is 32.6 Å². The highest BCUT2D eigenvalue weighted by atomic mass is 15.0. The molecule has 0 aliphatic heterocycles. The van der Waals surface area contributed by atoms with Gasteiger partial charge in [-0.3, -0.25) is 0 Å². The van der Waals surface area contributed by atoms with Crippen molar-refractivity contribution in [3.63, 3.8) is 0 Å². The van der Waals surface area contributed by atoms with E-state index in [1.807, 2.05) is 0 Å². The molecule has 1 aromatic heterocycles. The van der Waals surface area contributed by atoms with Crippen LogP contribution in [0.25, 0.3) is 60.5 Å². The number of nitrogens with zero attached hydrogens (tertiary/aromatic N) is 1. The molecule has 7 aromatic rings. The van der Waals surface area contributed by atoms with Gasteiger partial charge in [-0.1, -0.05) is 109 Å². The van der Waals surface area contributed by atoms with Gasteiger partial charge in [0.1, 0.15) is 0 Å². The predicted molar refractivity (Wildman–Crippen MR) is 175 cm³/mol. The van der Waals surface area contributed by atoms with Crippen LogP contribution in [0.2, 0.25) is 0 Å². The summed E-state index contributed by atoms with van der Waals surface area (Å²) in [6.45, 7) is 0. The quantitative estimate of drug-likeness (QED) is 0.216. The van der Waals surface area contributed by atoms with Gasteiger partial charge in [-0.2, -0.15) is 0 Å². The number of fused-ring (bicyclic) bond motifs is 4. The molecule has 0 radical (unpaired) electrons. The zero-order valence-corrected chi connectivity index (χ0v) is 22.7. The predicted octanol–water partition coefficient (Wildman–Crippen LogP) is 10.9. The molecule has 8 rings (SSSR count). The van der Waals surface area contributed by atoms with Gasteiger partial charge in [-0.25, -0.2) is 0 Å². The van der Waals surface area contributed by atoms with Crippen LogP contribution in [0.5, 0.6) is 0 Å². The van der Waals surface area contributed by atoms with Crippen LogP contribution in [-0.4, -0.2) is 4.57 Å². The summed E-state index contributed by atoms with van der Waals surface area (Å²) in [6, 6.07) is 48.9. The molecule has 0 bridgehead atoms. The van der Waals surface area contributed by atoms with Crippen LogP contribution in [0.4, 0.5) is 0 Å². The smallest absolute Gasteiger partial charge is 0.0541 e. The molecule has 1 aliphatic rings. The van der Waals surface area contributed by atoms with E-state index in [1.165, 1.54) is 66.1 Å². The molecule has 1 atom stereocenters. The van der Waals surface area contributed by atoms with Crippen LogP contribution >= 0.6 is 0 Å². The van der Waals surface area contributed by atoms with E-state index in [0.717, 1.165) is 6.42 Å². The van der Waals surface area contributed by atoms with Crippen LogP contribution in [-0.2, 0) is 0 Å². The van der Waals surface area contributed by atoms with Crippen LogP contribution in [0.3, 0.4) is 0 Å². The van der Waals surface area contributed by atoms with Gasteiger partial charge in [-0.05, 0) is 93.5 Å². The molecule has 1 heteroatoms. The van der Waals surface area contributed by atoms with Crippen molar-refractivity contribution in [2.45, 2.75) is 12.3 Å². The molecule has 1 heterocycles. The first-order valence-electron chi connectivity index (χ1n) is 14.4. The van der Waals surface area contributed by atoms with Crippen LogP contribution in [0.1, 0.15) is 17.9 Å². The minimum atomic E-state index is 0.366. The number of rotatable bonds is 4. The van der Waals surface area contributed by atoms with E-state index in [2.05, 4.69) is 162 Å². The number of benzene rings is 6. The second-order valence-electron chi connectivity index (χ2n) is 10.9. The van der Waals surface area contributed by atoms with Gasteiger partial charge in [0.05, 0.1) is 11.0 Å². The first-order valence-corrected chi connectivity index (χ1v) is 14.4. The maximum Gasteiger partial charge on any atom is 0.0541 e. The largest absolute Gasteiger partial charge is 0.309 e. The molecule has 0 amide bonds. The van der Waals surface area contributed by atoms with Gasteiger partial charge in [0.2, 0.25) is 0 Å². The summed E-state index contributed by atoms with van der Waals surface area (Å²) in [6.07, 6.45) is 10.0. The van der Waals surface area contributed by atoms with E-state index in [1.54, 1.807) is 0 Å². The summed E-state index contributed by atoms with van der Waals surface area (Å²) in [5, 5.41) is 5.12. The second-order valence-corrected chi connectivity index (χ2v) is 10.9. The highest BCUT2D eigenvalue weighted by molar-refractivity contribution is 6.12. The van der Waals surface area contributed by atoms with Crippen molar-refractivity contribution in [2.75, 3.05) is 0 Å². The number of allylic oxidation sites excluding steroid dienone is 4.